The van der Waals surface area contributed by atoms with E-state index < -0.39 is 18.2 Å². The molecular formula is C24H34O5. The van der Waals surface area contributed by atoms with E-state index in [1.807, 2.05) is 13.8 Å². The summed E-state index contributed by atoms with van der Waals surface area (Å²) in [6, 6.07) is 0. The molecule has 0 aromatic carbocycles. The third-order valence-electron chi connectivity index (χ3n) is 5.88. The van der Waals surface area contributed by atoms with Gasteiger partial charge in [0, 0.05) is 37.7 Å². The highest BCUT2D eigenvalue weighted by atomic mass is 16.5. The summed E-state index contributed by atoms with van der Waals surface area (Å²) in [7, 11) is 0. The van der Waals surface area contributed by atoms with Crippen molar-refractivity contribution < 1.29 is 24.9 Å². The van der Waals surface area contributed by atoms with Crippen molar-refractivity contribution >= 4 is 5.97 Å². The largest absolute Gasteiger partial charge is 0.481 e. The van der Waals surface area contributed by atoms with Crippen LogP contribution in [0.4, 0.5) is 0 Å². The topological polar surface area (TPSA) is 87.0 Å². The molecule has 5 nitrogen and oxygen atoms in total. The van der Waals surface area contributed by atoms with Crippen LogP contribution in [0, 0.1) is 47.4 Å². The summed E-state index contributed by atoms with van der Waals surface area (Å²) in [6.07, 6.45) is 5.69. The van der Waals surface area contributed by atoms with Crippen LogP contribution in [0.2, 0.25) is 0 Å². The molecule has 2 rings (SSSR count). The SMILES string of the molecule is CCC#CC[C@H](C)[C@@H](O)C#C[C@@H]1[C@H]2C/C(=C/COCCCC(=O)O)C[C@H]2C[C@H]1O. The van der Waals surface area contributed by atoms with Crippen LogP contribution in [0.25, 0.3) is 0 Å². The molecule has 0 aromatic heterocycles. The van der Waals surface area contributed by atoms with Crippen molar-refractivity contribution in [1.82, 2.24) is 0 Å². The zero-order chi connectivity index (χ0) is 21.2. The molecule has 160 valence electrons. The fraction of sp³-hybridized carbons (Fsp3) is 0.708. The molecule has 3 N–H and O–H groups in total. The molecule has 2 aliphatic carbocycles. The zero-order valence-electron chi connectivity index (χ0n) is 17.6. The highest BCUT2D eigenvalue weighted by Crippen LogP contribution is 2.49. The lowest BCUT2D eigenvalue weighted by Crippen LogP contribution is -2.19. The van der Waals surface area contributed by atoms with Gasteiger partial charge in [-0.1, -0.05) is 37.3 Å². The number of hydrogen-bond donors (Lipinski definition) is 3. The van der Waals surface area contributed by atoms with Gasteiger partial charge < -0.3 is 20.1 Å². The number of hydrogen-bond acceptors (Lipinski definition) is 4. The van der Waals surface area contributed by atoms with E-state index in [1.165, 1.54) is 5.57 Å². The number of carboxylic acid groups (broad SMARTS) is 1. The second-order valence-corrected chi connectivity index (χ2v) is 8.22. The first kappa shape index (κ1) is 23.5. The quantitative estimate of drug-likeness (QED) is 0.330. The Balaban J connectivity index is 1.83. The Morgan fingerprint density at radius 1 is 1.34 bits per heavy atom. The predicted octanol–water partition coefficient (Wildman–Crippen LogP) is 3.01. The van der Waals surface area contributed by atoms with Crippen molar-refractivity contribution in [3.05, 3.63) is 11.6 Å². The monoisotopic (exact) mass is 402 g/mol. The highest BCUT2D eigenvalue weighted by molar-refractivity contribution is 5.66. The van der Waals surface area contributed by atoms with Crippen LogP contribution >= 0.6 is 0 Å². The molecule has 5 heteroatoms. The standard InChI is InChI=1S/C24H34O5/c1-3-4-5-7-17(2)22(25)10-9-20-21-15-18(14-19(21)16-23(20)26)11-13-29-12-6-8-24(27)28/h11,17,19-23,25-26H,3,6-8,12-16H2,1-2H3,(H,27,28)/b18-11+/t17-,19-,20+,21-,22-,23+/m0/s1. The molecule has 2 aliphatic rings. The van der Waals surface area contributed by atoms with E-state index in [-0.39, 0.29) is 18.3 Å². The number of aliphatic hydroxyl groups is 2. The van der Waals surface area contributed by atoms with E-state index in [0.717, 1.165) is 25.7 Å². The normalized spacial score (nSPS) is 28.8. The Morgan fingerprint density at radius 3 is 2.86 bits per heavy atom. The van der Waals surface area contributed by atoms with Crippen molar-refractivity contribution in [3.8, 4) is 23.7 Å². The van der Waals surface area contributed by atoms with Crippen LogP contribution in [-0.2, 0) is 9.53 Å². The lowest BCUT2D eigenvalue weighted by molar-refractivity contribution is -0.137. The van der Waals surface area contributed by atoms with Gasteiger partial charge in [-0.15, -0.1) is 11.8 Å². The number of fused-ring (bicyclic) bond motifs is 1. The Bertz CT molecular complexity index is 690. The first-order valence-electron chi connectivity index (χ1n) is 10.7. The molecule has 29 heavy (non-hydrogen) atoms. The first-order valence-corrected chi connectivity index (χ1v) is 10.7. The Morgan fingerprint density at radius 2 is 2.14 bits per heavy atom. The fourth-order valence-electron chi connectivity index (χ4n) is 4.21. The van der Waals surface area contributed by atoms with Crippen LogP contribution < -0.4 is 0 Å². The summed E-state index contributed by atoms with van der Waals surface area (Å²) in [5.41, 5.74) is 1.33. The minimum Gasteiger partial charge on any atom is -0.481 e. The van der Waals surface area contributed by atoms with Gasteiger partial charge in [0.2, 0.25) is 0 Å². The fourth-order valence-corrected chi connectivity index (χ4v) is 4.21. The Kier molecular flexibility index (Phi) is 9.74. The molecule has 0 heterocycles. The predicted molar refractivity (Wildman–Crippen MR) is 112 cm³/mol. The summed E-state index contributed by atoms with van der Waals surface area (Å²) in [5.74, 6) is 12.1. The maximum absolute atomic E-state index is 10.5. The summed E-state index contributed by atoms with van der Waals surface area (Å²) >= 11 is 0. The van der Waals surface area contributed by atoms with Crippen LogP contribution in [0.5, 0.6) is 0 Å². The molecule has 0 radical (unpaired) electrons. The smallest absolute Gasteiger partial charge is 0.303 e. The van der Waals surface area contributed by atoms with Crippen LogP contribution in [0.3, 0.4) is 0 Å². The minimum absolute atomic E-state index is 0.00629. The minimum atomic E-state index is -0.797. The summed E-state index contributed by atoms with van der Waals surface area (Å²) in [4.78, 5) is 10.5. The van der Waals surface area contributed by atoms with Crippen molar-refractivity contribution in [1.29, 1.82) is 0 Å². The van der Waals surface area contributed by atoms with E-state index in [2.05, 4.69) is 29.8 Å². The number of carboxylic acids is 1. The number of rotatable bonds is 8. The van der Waals surface area contributed by atoms with E-state index in [4.69, 9.17) is 9.84 Å². The number of ether oxygens (including phenoxy) is 1. The molecular weight excluding hydrogens is 368 g/mol. The second kappa shape index (κ2) is 12.0. The van der Waals surface area contributed by atoms with E-state index >= 15 is 0 Å². The van der Waals surface area contributed by atoms with Gasteiger partial charge in [0.05, 0.1) is 12.7 Å². The number of aliphatic carboxylic acids is 1. The maximum atomic E-state index is 10.5. The molecule has 0 spiro atoms. The molecule has 0 bridgehead atoms. The van der Waals surface area contributed by atoms with Gasteiger partial charge in [0.1, 0.15) is 6.10 Å². The molecule has 2 fully saturated rings. The van der Waals surface area contributed by atoms with E-state index in [0.29, 0.717) is 37.9 Å². The van der Waals surface area contributed by atoms with Gasteiger partial charge in [-0.05, 0) is 37.5 Å². The van der Waals surface area contributed by atoms with Gasteiger partial charge in [-0.25, -0.2) is 0 Å². The van der Waals surface area contributed by atoms with Gasteiger partial charge in [-0.2, -0.15) is 0 Å². The lowest BCUT2D eigenvalue weighted by atomic mass is 9.91. The van der Waals surface area contributed by atoms with E-state index in [9.17, 15) is 15.0 Å². The van der Waals surface area contributed by atoms with Gasteiger partial charge in [0.25, 0.3) is 0 Å². The van der Waals surface area contributed by atoms with Crippen LogP contribution in [0.15, 0.2) is 11.6 Å². The van der Waals surface area contributed by atoms with E-state index in [1.54, 1.807) is 0 Å². The number of aliphatic hydroxyl groups excluding tert-OH is 2. The van der Waals surface area contributed by atoms with Crippen LogP contribution in [-0.4, -0.2) is 46.7 Å². The summed E-state index contributed by atoms with van der Waals surface area (Å²) in [5, 5.41) is 29.3. The average Bonchev–Trinajstić information content (AvgIpc) is 3.18. The Hall–Kier alpha value is -1.79. The van der Waals surface area contributed by atoms with Crippen LogP contribution in [0.1, 0.15) is 58.8 Å². The molecule has 0 aliphatic heterocycles. The van der Waals surface area contributed by atoms with Gasteiger partial charge in [0.15, 0.2) is 0 Å². The summed E-state index contributed by atoms with van der Waals surface area (Å²) in [6.45, 7) is 4.91. The molecule has 6 atom stereocenters. The van der Waals surface area contributed by atoms with Crippen molar-refractivity contribution in [3.63, 3.8) is 0 Å². The average molecular weight is 403 g/mol. The van der Waals surface area contributed by atoms with Crippen molar-refractivity contribution in [2.45, 2.75) is 71.0 Å². The first-order chi connectivity index (χ1) is 13.9. The van der Waals surface area contributed by atoms with Gasteiger partial charge in [-0.3, -0.25) is 4.79 Å². The third-order valence-corrected chi connectivity index (χ3v) is 5.88. The molecule has 0 aromatic rings. The highest BCUT2D eigenvalue weighted by Gasteiger charge is 2.45. The summed E-state index contributed by atoms with van der Waals surface area (Å²) < 4.78 is 5.50. The van der Waals surface area contributed by atoms with Gasteiger partial charge >= 0.3 is 5.97 Å². The molecule has 2 saturated carbocycles. The number of allylic oxidation sites excluding steroid dienone is 1. The molecule has 0 saturated heterocycles. The van der Waals surface area contributed by atoms with Crippen molar-refractivity contribution in [2.75, 3.05) is 13.2 Å². The third kappa shape index (κ3) is 7.52. The number of carbonyl (C=O) groups is 1. The maximum Gasteiger partial charge on any atom is 0.303 e. The zero-order valence-corrected chi connectivity index (χ0v) is 17.6. The lowest BCUT2D eigenvalue weighted by Gasteiger charge is -2.16. The molecule has 0 amide bonds. The Labute approximate surface area is 174 Å². The molecule has 0 unspecified atom stereocenters. The second-order valence-electron chi connectivity index (χ2n) is 8.22. The van der Waals surface area contributed by atoms with Crippen molar-refractivity contribution in [2.24, 2.45) is 23.7 Å².